The lowest BCUT2D eigenvalue weighted by molar-refractivity contribution is -0.130. The van der Waals surface area contributed by atoms with Gasteiger partial charge in [0.2, 0.25) is 5.16 Å². The van der Waals surface area contributed by atoms with Gasteiger partial charge < -0.3 is 10.3 Å². The van der Waals surface area contributed by atoms with Crippen LogP contribution in [0.25, 0.3) is 5.95 Å². The van der Waals surface area contributed by atoms with E-state index < -0.39 is 0 Å². The number of furan rings is 1. The Hall–Kier alpha value is -3.57. The smallest absolute Gasteiger partial charge is 0.271 e. The zero-order chi connectivity index (χ0) is 23.8. The summed E-state index contributed by atoms with van der Waals surface area (Å²) < 4.78 is 8.54. The molecule has 4 heterocycles. The van der Waals surface area contributed by atoms with Gasteiger partial charge in [0.05, 0.1) is 23.4 Å². The predicted molar refractivity (Wildman–Crippen MR) is 128 cm³/mol. The van der Waals surface area contributed by atoms with Crippen molar-refractivity contribution in [2.75, 3.05) is 11.6 Å². The van der Waals surface area contributed by atoms with Gasteiger partial charge in [-0.1, -0.05) is 35.5 Å². The van der Waals surface area contributed by atoms with Gasteiger partial charge in [-0.25, -0.2) is 14.4 Å². The zero-order valence-corrected chi connectivity index (χ0v) is 20.0. The maximum atomic E-state index is 13.2. The van der Waals surface area contributed by atoms with Gasteiger partial charge in [0.25, 0.3) is 11.9 Å². The van der Waals surface area contributed by atoms with E-state index in [4.69, 9.17) is 21.9 Å². The van der Waals surface area contributed by atoms with Gasteiger partial charge in [0.1, 0.15) is 11.8 Å². The molecule has 4 aromatic rings. The summed E-state index contributed by atoms with van der Waals surface area (Å²) in [5, 5.41) is 19.8. The predicted octanol–water partition coefficient (Wildman–Crippen LogP) is 3.51. The second-order valence-corrected chi connectivity index (χ2v) is 9.19. The van der Waals surface area contributed by atoms with E-state index >= 15 is 0 Å². The number of aromatic nitrogens is 5. The Morgan fingerprint density at radius 3 is 2.71 bits per heavy atom. The van der Waals surface area contributed by atoms with E-state index in [1.54, 1.807) is 29.1 Å². The standard InChI is InChI=1S/C22H21ClN8O2S/c1-13-10-14(2)30(27-13)21-25-26-22(29(21)24)34-12-20(32)31-18(19-4-3-9-33-19)11-17(28-31)15-5-7-16(23)8-6-15/h3-10,18H,11-12,24H2,1-2H3. The highest BCUT2D eigenvalue weighted by Crippen LogP contribution is 2.34. The molecule has 0 spiro atoms. The average molecular weight is 497 g/mol. The number of nitrogens with two attached hydrogens (primary N) is 1. The topological polar surface area (TPSA) is 120 Å². The third-order valence-corrected chi connectivity index (χ3v) is 6.57. The van der Waals surface area contributed by atoms with Crippen molar-refractivity contribution in [1.29, 1.82) is 0 Å². The summed E-state index contributed by atoms with van der Waals surface area (Å²) in [7, 11) is 0. The summed E-state index contributed by atoms with van der Waals surface area (Å²) in [6, 6.07) is 12.6. The van der Waals surface area contributed by atoms with Gasteiger partial charge in [-0.15, -0.1) is 10.2 Å². The number of benzene rings is 1. The van der Waals surface area contributed by atoms with Crippen LogP contribution in [0.2, 0.25) is 5.02 Å². The third kappa shape index (κ3) is 4.19. The average Bonchev–Trinajstić information content (AvgIpc) is 3.60. The van der Waals surface area contributed by atoms with Crippen molar-refractivity contribution in [2.45, 2.75) is 31.5 Å². The molecule has 34 heavy (non-hydrogen) atoms. The molecule has 0 aliphatic carbocycles. The van der Waals surface area contributed by atoms with Crippen LogP contribution in [0.3, 0.4) is 0 Å². The Labute approximate surface area is 204 Å². The SMILES string of the molecule is Cc1cc(C)n(-c2nnc(SCC(=O)N3N=C(c4ccc(Cl)cc4)CC3c3ccco3)n2N)n1. The van der Waals surface area contributed by atoms with E-state index in [-0.39, 0.29) is 17.7 Å². The molecule has 1 atom stereocenters. The zero-order valence-electron chi connectivity index (χ0n) is 18.4. The molecule has 0 fully saturated rings. The second kappa shape index (κ2) is 8.99. The molecule has 0 saturated carbocycles. The Morgan fingerprint density at radius 1 is 1.24 bits per heavy atom. The lowest BCUT2D eigenvalue weighted by Crippen LogP contribution is -2.28. The van der Waals surface area contributed by atoms with Crippen molar-refractivity contribution < 1.29 is 9.21 Å². The molecule has 1 amide bonds. The number of rotatable bonds is 6. The lowest BCUT2D eigenvalue weighted by atomic mass is 10.0. The van der Waals surface area contributed by atoms with Crippen LogP contribution in [0.1, 0.15) is 35.2 Å². The van der Waals surface area contributed by atoms with Gasteiger partial charge in [-0.2, -0.15) is 10.2 Å². The molecule has 0 saturated heterocycles. The van der Waals surface area contributed by atoms with Crippen LogP contribution < -0.4 is 5.84 Å². The number of nitrogens with zero attached hydrogens (tertiary/aromatic N) is 7. The largest absolute Gasteiger partial charge is 0.467 e. The number of amides is 1. The van der Waals surface area contributed by atoms with Crippen LogP contribution in [-0.4, -0.2) is 47.0 Å². The molecule has 0 radical (unpaired) electrons. The number of halogens is 1. The Kier molecular flexibility index (Phi) is 5.88. The molecular formula is C22H21ClN8O2S. The van der Waals surface area contributed by atoms with Gasteiger partial charge >= 0.3 is 0 Å². The fraction of sp³-hybridized carbons (Fsp3) is 0.227. The summed E-state index contributed by atoms with van der Waals surface area (Å²) in [4.78, 5) is 13.2. The van der Waals surface area contributed by atoms with Crippen molar-refractivity contribution >= 4 is 35.0 Å². The van der Waals surface area contributed by atoms with Crippen LogP contribution in [0, 0.1) is 13.8 Å². The van der Waals surface area contributed by atoms with Crippen LogP contribution in [0.5, 0.6) is 0 Å². The highest BCUT2D eigenvalue weighted by molar-refractivity contribution is 7.99. The third-order valence-electron chi connectivity index (χ3n) is 5.39. The first-order valence-electron chi connectivity index (χ1n) is 10.5. The van der Waals surface area contributed by atoms with Crippen LogP contribution in [-0.2, 0) is 4.79 Å². The molecule has 12 heteroatoms. The summed E-state index contributed by atoms with van der Waals surface area (Å²) in [6.07, 6.45) is 2.12. The van der Waals surface area contributed by atoms with Crippen molar-refractivity contribution in [1.82, 2.24) is 29.7 Å². The van der Waals surface area contributed by atoms with Gasteiger partial charge in [-0.3, -0.25) is 4.79 Å². The number of hydrazone groups is 1. The summed E-state index contributed by atoms with van der Waals surface area (Å²) >= 11 is 7.20. The highest BCUT2D eigenvalue weighted by atomic mass is 35.5. The minimum atomic E-state index is -0.338. The van der Waals surface area contributed by atoms with E-state index in [1.165, 1.54) is 21.4 Å². The van der Waals surface area contributed by atoms with E-state index in [0.717, 1.165) is 22.7 Å². The van der Waals surface area contributed by atoms with Crippen molar-refractivity contribution in [3.05, 3.63) is 76.5 Å². The normalized spacial score (nSPS) is 15.7. The Morgan fingerprint density at radius 2 is 2.03 bits per heavy atom. The quantitative estimate of drug-likeness (QED) is 0.320. The summed E-state index contributed by atoms with van der Waals surface area (Å²) in [5.41, 5.74) is 3.41. The Bertz CT molecular complexity index is 1360. The number of carbonyl (C=O) groups excluding carboxylic acids is 1. The molecule has 0 bridgehead atoms. The molecule has 1 aromatic carbocycles. The van der Waals surface area contributed by atoms with Crippen LogP contribution in [0.15, 0.2) is 63.4 Å². The minimum absolute atomic E-state index is 0.0705. The first kappa shape index (κ1) is 22.2. The lowest BCUT2D eigenvalue weighted by Gasteiger charge is -2.19. The van der Waals surface area contributed by atoms with Gasteiger partial charge in [0, 0.05) is 17.1 Å². The maximum Gasteiger partial charge on any atom is 0.271 e. The maximum absolute atomic E-state index is 13.2. The fourth-order valence-electron chi connectivity index (χ4n) is 3.80. The second-order valence-electron chi connectivity index (χ2n) is 7.81. The van der Waals surface area contributed by atoms with Crippen LogP contribution >= 0.6 is 23.4 Å². The molecule has 174 valence electrons. The molecular weight excluding hydrogens is 476 g/mol. The Balaban J connectivity index is 1.35. The minimum Gasteiger partial charge on any atom is -0.467 e. The number of hydrogen-bond donors (Lipinski definition) is 1. The molecule has 3 aromatic heterocycles. The van der Waals surface area contributed by atoms with E-state index in [1.807, 2.05) is 38.1 Å². The summed E-state index contributed by atoms with van der Waals surface area (Å²) in [6.45, 7) is 3.79. The number of hydrogen-bond acceptors (Lipinski definition) is 8. The number of aryl methyl sites for hydroxylation is 2. The summed E-state index contributed by atoms with van der Waals surface area (Å²) in [5.74, 6) is 7.11. The first-order chi connectivity index (χ1) is 16.4. The monoisotopic (exact) mass is 496 g/mol. The molecule has 10 nitrogen and oxygen atoms in total. The van der Waals surface area contributed by atoms with E-state index in [2.05, 4.69) is 20.4 Å². The van der Waals surface area contributed by atoms with Crippen molar-refractivity contribution in [3.63, 3.8) is 0 Å². The molecule has 2 N–H and O–H groups in total. The number of carbonyl (C=O) groups is 1. The first-order valence-corrected chi connectivity index (χ1v) is 11.8. The van der Waals surface area contributed by atoms with Gasteiger partial charge in [-0.05, 0) is 49.7 Å². The number of thioether (sulfide) groups is 1. The van der Waals surface area contributed by atoms with E-state index in [9.17, 15) is 4.79 Å². The van der Waals surface area contributed by atoms with Gasteiger partial charge in [0.15, 0.2) is 0 Å². The number of nitrogen functional groups attached to an aromatic ring is 1. The molecule has 1 aliphatic heterocycles. The molecule has 1 aliphatic rings. The van der Waals surface area contributed by atoms with E-state index in [0.29, 0.717) is 28.3 Å². The fourth-order valence-corrected chi connectivity index (χ4v) is 4.63. The molecule has 5 rings (SSSR count). The van der Waals surface area contributed by atoms with Crippen molar-refractivity contribution in [3.8, 4) is 5.95 Å². The highest BCUT2D eigenvalue weighted by Gasteiger charge is 2.35. The van der Waals surface area contributed by atoms with Crippen LogP contribution in [0.4, 0.5) is 0 Å². The van der Waals surface area contributed by atoms with Crippen molar-refractivity contribution in [2.24, 2.45) is 5.10 Å². The molecule has 1 unspecified atom stereocenters.